The highest BCUT2D eigenvalue weighted by atomic mass is 35.5. The summed E-state index contributed by atoms with van der Waals surface area (Å²) in [5.41, 5.74) is 1.15. The Morgan fingerprint density at radius 3 is 2.90 bits per heavy atom. The monoisotopic (exact) mass is 323 g/mol. The lowest BCUT2D eigenvalue weighted by atomic mass is 10.2. The number of nitrogens with zero attached hydrogens (tertiary/aromatic N) is 1. The Labute approximate surface area is 130 Å². The quantitative estimate of drug-likeness (QED) is 0.361. The molecule has 0 amide bonds. The van der Waals surface area contributed by atoms with E-state index in [4.69, 9.17) is 11.6 Å². The Bertz CT molecular complexity index is 689. The van der Waals surface area contributed by atoms with E-state index in [1.54, 1.807) is 6.08 Å². The van der Waals surface area contributed by atoms with Crippen LogP contribution in [-0.4, -0.2) is 12.2 Å². The third-order valence-electron chi connectivity index (χ3n) is 2.60. The van der Waals surface area contributed by atoms with Gasteiger partial charge >= 0.3 is 5.97 Å². The predicted octanol–water partition coefficient (Wildman–Crippen LogP) is 4.44. The second-order valence-corrected chi connectivity index (χ2v) is 5.44. The van der Waals surface area contributed by atoms with Crippen LogP contribution in [0.1, 0.15) is 16.0 Å². The van der Waals surface area contributed by atoms with Gasteiger partial charge in [0.2, 0.25) is 0 Å². The minimum absolute atomic E-state index is 0.0741. The van der Waals surface area contributed by atoms with E-state index in [-0.39, 0.29) is 10.6 Å². The van der Waals surface area contributed by atoms with Gasteiger partial charge in [-0.25, -0.2) is 9.18 Å². The van der Waals surface area contributed by atoms with E-state index < -0.39 is 11.8 Å². The van der Waals surface area contributed by atoms with Crippen LogP contribution in [0.3, 0.4) is 0 Å². The van der Waals surface area contributed by atoms with Crippen LogP contribution in [0.25, 0.3) is 6.08 Å². The molecule has 6 heteroatoms. The number of hydrogen-bond donors (Lipinski definition) is 0. The summed E-state index contributed by atoms with van der Waals surface area (Å²) in [5, 5.41) is 5.56. The molecule has 1 aromatic heterocycles. The van der Waals surface area contributed by atoms with Crippen LogP contribution in [0, 0.1) is 12.7 Å². The van der Waals surface area contributed by atoms with Crippen molar-refractivity contribution in [3.63, 3.8) is 0 Å². The fraction of sp³-hybridized carbons (Fsp3) is 0.0667. The number of thiophene rings is 1. The molecular formula is C15H11ClFNO2S. The lowest BCUT2D eigenvalue weighted by Crippen LogP contribution is -1.96. The van der Waals surface area contributed by atoms with E-state index in [0.717, 1.165) is 16.7 Å². The molecule has 0 atom stereocenters. The highest BCUT2D eigenvalue weighted by molar-refractivity contribution is 7.11. The SMILES string of the molecule is Cc1ccsc1C=CC(=O)ON=Cc1c(F)cccc1Cl. The number of hydrogen-bond acceptors (Lipinski definition) is 4. The Hall–Kier alpha value is -1.98. The molecule has 1 heterocycles. The Morgan fingerprint density at radius 1 is 1.43 bits per heavy atom. The van der Waals surface area contributed by atoms with Gasteiger partial charge in [-0.2, -0.15) is 0 Å². The van der Waals surface area contributed by atoms with Gasteiger partial charge in [0, 0.05) is 11.0 Å². The molecule has 0 bridgehead atoms. The van der Waals surface area contributed by atoms with Crippen molar-refractivity contribution in [3.8, 4) is 0 Å². The number of carbonyl (C=O) groups is 1. The average molecular weight is 324 g/mol. The Morgan fingerprint density at radius 2 is 2.24 bits per heavy atom. The second-order valence-electron chi connectivity index (χ2n) is 4.08. The lowest BCUT2D eigenvalue weighted by molar-refractivity contribution is -0.137. The van der Waals surface area contributed by atoms with Crippen molar-refractivity contribution in [1.82, 2.24) is 0 Å². The van der Waals surface area contributed by atoms with Gasteiger partial charge in [-0.05, 0) is 42.1 Å². The van der Waals surface area contributed by atoms with Gasteiger partial charge < -0.3 is 4.84 Å². The van der Waals surface area contributed by atoms with Gasteiger partial charge in [-0.15, -0.1) is 11.3 Å². The topological polar surface area (TPSA) is 38.7 Å². The minimum atomic E-state index is -0.647. The maximum Gasteiger partial charge on any atom is 0.358 e. The second kappa shape index (κ2) is 7.15. The first-order valence-electron chi connectivity index (χ1n) is 5.98. The molecule has 0 saturated heterocycles. The third-order valence-corrected chi connectivity index (χ3v) is 3.91. The predicted molar refractivity (Wildman–Crippen MR) is 83.2 cm³/mol. The van der Waals surface area contributed by atoms with E-state index in [1.807, 2.05) is 18.4 Å². The standard InChI is InChI=1S/C15H11ClFNO2S/c1-10-7-8-21-14(10)5-6-15(19)20-18-9-11-12(16)3-2-4-13(11)17/h2-9H,1H3. The summed E-state index contributed by atoms with van der Waals surface area (Å²) in [6.45, 7) is 1.94. The van der Waals surface area contributed by atoms with E-state index in [9.17, 15) is 9.18 Å². The van der Waals surface area contributed by atoms with Gasteiger partial charge in [-0.1, -0.05) is 22.8 Å². The molecule has 21 heavy (non-hydrogen) atoms. The molecule has 0 spiro atoms. The smallest absolute Gasteiger partial charge is 0.313 e. The largest absolute Gasteiger partial charge is 0.358 e. The summed E-state index contributed by atoms with van der Waals surface area (Å²) in [6, 6.07) is 6.20. The molecule has 1 aromatic carbocycles. The van der Waals surface area contributed by atoms with Gasteiger partial charge in [0.25, 0.3) is 0 Å². The fourth-order valence-electron chi connectivity index (χ4n) is 1.49. The van der Waals surface area contributed by atoms with Crippen LogP contribution in [0.4, 0.5) is 4.39 Å². The molecule has 0 aliphatic rings. The zero-order chi connectivity index (χ0) is 15.2. The maximum absolute atomic E-state index is 13.4. The van der Waals surface area contributed by atoms with Crippen LogP contribution in [0.5, 0.6) is 0 Å². The van der Waals surface area contributed by atoms with Crippen LogP contribution in [-0.2, 0) is 9.63 Å². The van der Waals surface area contributed by atoms with Crippen molar-refractivity contribution < 1.29 is 14.0 Å². The van der Waals surface area contributed by atoms with Crippen molar-refractivity contribution in [2.24, 2.45) is 5.16 Å². The minimum Gasteiger partial charge on any atom is -0.313 e. The first kappa shape index (κ1) is 15.4. The molecular weight excluding hydrogens is 313 g/mol. The number of aryl methyl sites for hydroxylation is 1. The first-order chi connectivity index (χ1) is 10.1. The highest BCUT2D eigenvalue weighted by Crippen LogP contribution is 2.18. The van der Waals surface area contributed by atoms with Crippen molar-refractivity contribution in [3.05, 3.63) is 62.6 Å². The normalized spacial score (nSPS) is 11.4. The molecule has 0 radical (unpaired) electrons. The fourth-order valence-corrected chi connectivity index (χ4v) is 2.53. The number of benzene rings is 1. The first-order valence-corrected chi connectivity index (χ1v) is 7.24. The molecule has 0 saturated carbocycles. The number of rotatable bonds is 4. The molecule has 108 valence electrons. The molecule has 2 aromatic rings. The zero-order valence-electron chi connectivity index (χ0n) is 11.0. The highest BCUT2D eigenvalue weighted by Gasteiger charge is 2.04. The van der Waals surface area contributed by atoms with E-state index in [0.29, 0.717) is 0 Å². The van der Waals surface area contributed by atoms with E-state index >= 15 is 0 Å². The molecule has 2 rings (SSSR count). The zero-order valence-corrected chi connectivity index (χ0v) is 12.6. The van der Waals surface area contributed by atoms with Gasteiger partial charge in [0.1, 0.15) is 5.82 Å². The Kier molecular flexibility index (Phi) is 5.25. The van der Waals surface area contributed by atoms with E-state index in [2.05, 4.69) is 9.99 Å². The van der Waals surface area contributed by atoms with Crippen LogP contribution in [0.2, 0.25) is 5.02 Å². The summed E-state index contributed by atoms with van der Waals surface area (Å²) in [5.74, 6) is -1.18. The number of halogens is 2. The molecule has 0 N–H and O–H groups in total. The van der Waals surface area contributed by atoms with E-state index in [1.165, 1.54) is 35.6 Å². The summed E-state index contributed by atoms with van der Waals surface area (Å²) in [7, 11) is 0. The van der Waals surface area contributed by atoms with Crippen LogP contribution < -0.4 is 0 Å². The lowest BCUT2D eigenvalue weighted by Gasteiger charge is -1.98. The van der Waals surface area contributed by atoms with Gasteiger partial charge in [0.05, 0.1) is 16.8 Å². The molecule has 0 unspecified atom stereocenters. The summed E-state index contributed by atoms with van der Waals surface area (Å²) in [6.07, 6.45) is 3.98. The van der Waals surface area contributed by atoms with Crippen molar-refractivity contribution >= 4 is 41.2 Å². The molecule has 3 nitrogen and oxygen atoms in total. The van der Waals surface area contributed by atoms with Crippen molar-refractivity contribution in [1.29, 1.82) is 0 Å². The van der Waals surface area contributed by atoms with Crippen LogP contribution >= 0.6 is 22.9 Å². The Balaban J connectivity index is 1.97. The number of carbonyl (C=O) groups excluding carboxylic acids is 1. The molecule has 0 aliphatic carbocycles. The van der Waals surface area contributed by atoms with Gasteiger partial charge in [0.15, 0.2) is 0 Å². The molecule has 0 aliphatic heterocycles. The van der Waals surface area contributed by atoms with Crippen LogP contribution in [0.15, 0.2) is 40.9 Å². The van der Waals surface area contributed by atoms with Crippen molar-refractivity contribution in [2.45, 2.75) is 6.92 Å². The number of oxime groups is 1. The maximum atomic E-state index is 13.4. The summed E-state index contributed by atoms with van der Waals surface area (Å²) < 4.78 is 13.4. The third kappa shape index (κ3) is 4.24. The summed E-state index contributed by atoms with van der Waals surface area (Å²) in [4.78, 5) is 17.0. The van der Waals surface area contributed by atoms with Gasteiger partial charge in [-0.3, -0.25) is 0 Å². The summed E-state index contributed by atoms with van der Waals surface area (Å²) >= 11 is 7.32. The molecule has 0 fully saturated rings. The average Bonchev–Trinajstić information content (AvgIpc) is 2.85. The van der Waals surface area contributed by atoms with Crippen molar-refractivity contribution in [2.75, 3.05) is 0 Å².